The van der Waals surface area contributed by atoms with E-state index in [1.165, 1.54) is 12.1 Å². The van der Waals surface area contributed by atoms with Gasteiger partial charge in [-0.1, -0.05) is 12.1 Å². The molecule has 0 atom stereocenters. The lowest BCUT2D eigenvalue weighted by Crippen LogP contribution is -2.04. The molecule has 0 spiro atoms. The minimum Gasteiger partial charge on any atom is -0.492 e. The Bertz CT molecular complexity index is 558. The molecular formula is C15H17FN2O. The molecule has 0 saturated heterocycles. The molecule has 3 nitrogen and oxygen atoms in total. The van der Waals surface area contributed by atoms with Gasteiger partial charge in [0.25, 0.3) is 0 Å². The molecule has 0 aliphatic heterocycles. The van der Waals surface area contributed by atoms with Crippen molar-refractivity contribution in [3.05, 3.63) is 53.8 Å². The second-order valence-corrected chi connectivity index (χ2v) is 4.06. The third-order valence-corrected chi connectivity index (χ3v) is 2.74. The number of halogens is 1. The molecule has 3 N–H and O–H groups in total. The van der Waals surface area contributed by atoms with E-state index < -0.39 is 0 Å². The van der Waals surface area contributed by atoms with Crippen LogP contribution in [0.15, 0.2) is 42.5 Å². The van der Waals surface area contributed by atoms with Crippen LogP contribution in [0.3, 0.4) is 0 Å². The van der Waals surface area contributed by atoms with Crippen LogP contribution in [0.2, 0.25) is 0 Å². The second kappa shape index (κ2) is 6.20. The van der Waals surface area contributed by atoms with Crippen LogP contribution >= 0.6 is 0 Å². The van der Waals surface area contributed by atoms with Crippen molar-refractivity contribution in [3.63, 3.8) is 0 Å². The molecule has 100 valence electrons. The van der Waals surface area contributed by atoms with Crippen LogP contribution < -0.4 is 15.8 Å². The van der Waals surface area contributed by atoms with Crippen LogP contribution in [0, 0.1) is 5.82 Å². The van der Waals surface area contributed by atoms with Gasteiger partial charge in [0, 0.05) is 12.2 Å². The van der Waals surface area contributed by atoms with Crippen molar-refractivity contribution in [3.8, 4) is 5.75 Å². The molecule has 0 radical (unpaired) electrons. The van der Waals surface area contributed by atoms with Gasteiger partial charge in [0.15, 0.2) is 0 Å². The van der Waals surface area contributed by atoms with E-state index in [0.717, 1.165) is 22.7 Å². The molecule has 0 saturated carbocycles. The van der Waals surface area contributed by atoms with Gasteiger partial charge >= 0.3 is 0 Å². The average Bonchev–Trinajstić information content (AvgIpc) is 2.43. The van der Waals surface area contributed by atoms with Crippen molar-refractivity contribution in [2.75, 3.05) is 11.9 Å². The largest absolute Gasteiger partial charge is 0.492 e. The van der Waals surface area contributed by atoms with Crippen LogP contribution in [0.5, 0.6) is 5.75 Å². The summed E-state index contributed by atoms with van der Waals surface area (Å²) in [5.74, 6) is 0.474. The summed E-state index contributed by atoms with van der Waals surface area (Å²) in [6.45, 7) is 2.79. The molecule has 2 aromatic rings. The highest BCUT2D eigenvalue weighted by atomic mass is 19.1. The van der Waals surface area contributed by atoms with Crippen LogP contribution in [-0.4, -0.2) is 6.61 Å². The van der Waals surface area contributed by atoms with E-state index in [-0.39, 0.29) is 12.4 Å². The maximum absolute atomic E-state index is 13.2. The maximum atomic E-state index is 13.2. The van der Waals surface area contributed by atoms with Crippen molar-refractivity contribution in [1.29, 1.82) is 0 Å². The monoisotopic (exact) mass is 260 g/mol. The second-order valence-electron chi connectivity index (χ2n) is 4.06. The molecule has 0 bridgehead atoms. The zero-order valence-electron chi connectivity index (χ0n) is 10.8. The number of nitrogens with one attached hydrogen (secondary N) is 1. The fourth-order valence-electron chi connectivity index (χ4n) is 1.85. The van der Waals surface area contributed by atoms with Crippen LogP contribution in [-0.2, 0) is 6.54 Å². The fraction of sp³-hybridized carbons (Fsp3) is 0.200. The van der Waals surface area contributed by atoms with Crippen molar-refractivity contribution in [2.24, 2.45) is 5.73 Å². The quantitative estimate of drug-likeness (QED) is 0.865. The Kier molecular flexibility index (Phi) is 4.36. The first-order valence-corrected chi connectivity index (χ1v) is 6.22. The Balaban J connectivity index is 2.30. The van der Waals surface area contributed by atoms with Crippen LogP contribution in [0.1, 0.15) is 12.5 Å². The predicted octanol–water partition coefficient (Wildman–Crippen LogP) is 3.43. The van der Waals surface area contributed by atoms with E-state index in [4.69, 9.17) is 10.5 Å². The zero-order valence-corrected chi connectivity index (χ0v) is 10.8. The fourth-order valence-corrected chi connectivity index (χ4v) is 1.85. The topological polar surface area (TPSA) is 47.3 Å². The lowest BCUT2D eigenvalue weighted by molar-refractivity contribution is 0.342. The Labute approximate surface area is 112 Å². The molecule has 2 aromatic carbocycles. The molecule has 0 aliphatic carbocycles. The van der Waals surface area contributed by atoms with Crippen molar-refractivity contribution in [2.45, 2.75) is 13.5 Å². The number of ether oxygens (including phenoxy) is 1. The summed E-state index contributed by atoms with van der Waals surface area (Å²) in [5, 5.41) is 3.23. The number of hydrogen-bond acceptors (Lipinski definition) is 3. The van der Waals surface area contributed by atoms with E-state index in [2.05, 4.69) is 5.32 Å². The number of para-hydroxylation sites is 2. The normalized spacial score (nSPS) is 10.3. The highest BCUT2D eigenvalue weighted by molar-refractivity contribution is 5.68. The number of benzene rings is 2. The van der Waals surface area contributed by atoms with E-state index in [0.29, 0.717) is 6.61 Å². The summed E-state index contributed by atoms with van der Waals surface area (Å²) in [6, 6.07) is 12.1. The predicted molar refractivity (Wildman–Crippen MR) is 75.2 cm³/mol. The van der Waals surface area contributed by atoms with Gasteiger partial charge in [-0.05, 0) is 42.8 Å². The molecule has 4 heteroatoms. The summed E-state index contributed by atoms with van der Waals surface area (Å²) in [6.07, 6.45) is 0. The number of nitrogens with two attached hydrogens (primary N) is 1. The Morgan fingerprint density at radius 1 is 1.16 bits per heavy atom. The van der Waals surface area contributed by atoms with Gasteiger partial charge in [-0.15, -0.1) is 0 Å². The third-order valence-electron chi connectivity index (χ3n) is 2.74. The van der Waals surface area contributed by atoms with Gasteiger partial charge < -0.3 is 15.8 Å². The summed E-state index contributed by atoms with van der Waals surface area (Å²) in [5.41, 5.74) is 7.99. The number of rotatable bonds is 5. The van der Waals surface area contributed by atoms with Gasteiger partial charge in [-0.25, -0.2) is 4.39 Å². The van der Waals surface area contributed by atoms with Gasteiger partial charge in [0.05, 0.1) is 12.3 Å². The third kappa shape index (κ3) is 3.23. The molecule has 0 aliphatic rings. The van der Waals surface area contributed by atoms with E-state index in [1.54, 1.807) is 6.07 Å². The van der Waals surface area contributed by atoms with Gasteiger partial charge in [-0.2, -0.15) is 0 Å². The van der Waals surface area contributed by atoms with Crippen LogP contribution in [0.25, 0.3) is 0 Å². The zero-order chi connectivity index (χ0) is 13.7. The number of hydrogen-bond donors (Lipinski definition) is 2. The minimum absolute atomic E-state index is 0.275. The Morgan fingerprint density at radius 3 is 2.68 bits per heavy atom. The molecule has 0 amide bonds. The van der Waals surface area contributed by atoms with E-state index >= 15 is 0 Å². The molecule has 2 rings (SSSR count). The smallest absolute Gasteiger partial charge is 0.142 e. The first-order valence-electron chi connectivity index (χ1n) is 6.22. The average molecular weight is 260 g/mol. The summed E-state index contributed by atoms with van der Waals surface area (Å²) < 4.78 is 18.7. The minimum atomic E-state index is -0.288. The van der Waals surface area contributed by atoms with Crippen molar-refractivity contribution < 1.29 is 9.13 Å². The van der Waals surface area contributed by atoms with Gasteiger partial charge in [0.1, 0.15) is 11.6 Å². The standard InChI is InChI=1S/C15H17FN2O/c1-2-19-15-6-4-3-5-14(15)18-13-8-7-12(16)9-11(13)10-17/h3-9,18H,2,10,17H2,1H3. The Hall–Kier alpha value is -2.07. The molecule has 0 heterocycles. The van der Waals surface area contributed by atoms with Gasteiger partial charge in [0.2, 0.25) is 0 Å². The lowest BCUT2D eigenvalue weighted by Gasteiger charge is -2.14. The molecule has 0 aromatic heterocycles. The molecular weight excluding hydrogens is 243 g/mol. The number of anilines is 2. The first-order chi connectivity index (χ1) is 9.24. The van der Waals surface area contributed by atoms with Crippen molar-refractivity contribution >= 4 is 11.4 Å². The SMILES string of the molecule is CCOc1ccccc1Nc1ccc(F)cc1CN. The molecule has 0 fully saturated rings. The maximum Gasteiger partial charge on any atom is 0.142 e. The summed E-state index contributed by atoms with van der Waals surface area (Å²) in [7, 11) is 0. The van der Waals surface area contributed by atoms with Crippen LogP contribution in [0.4, 0.5) is 15.8 Å². The lowest BCUT2D eigenvalue weighted by atomic mass is 10.1. The van der Waals surface area contributed by atoms with Crippen molar-refractivity contribution in [1.82, 2.24) is 0 Å². The van der Waals surface area contributed by atoms with E-state index in [1.807, 2.05) is 31.2 Å². The molecule has 0 unspecified atom stereocenters. The first kappa shape index (κ1) is 13.4. The molecule has 19 heavy (non-hydrogen) atoms. The Morgan fingerprint density at radius 2 is 1.95 bits per heavy atom. The summed E-state index contributed by atoms with van der Waals surface area (Å²) in [4.78, 5) is 0. The van der Waals surface area contributed by atoms with E-state index in [9.17, 15) is 4.39 Å². The van der Waals surface area contributed by atoms with Gasteiger partial charge in [-0.3, -0.25) is 0 Å². The highest BCUT2D eigenvalue weighted by Crippen LogP contribution is 2.29. The highest BCUT2D eigenvalue weighted by Gasteiger charge is 2.06. The summed E-state index contributed by atoms with van der Waals surface area (Å²) >= 11 is 0.